The molecular formula is C26H29NO5. The average Bonchev–Trinajstić information content (AvgIpc) is 2.82. The lowest BCUT2D eigenvalue weighted by Crippen LogP contribution is -2.24. The SMILES string of the molecule is COc1ccc([C@H](O)Cc2cccc(OC)c2C(=O)N(C)C)cc1OCc1ccccc1. The van der Waals surface area contributed by atoms with E-state index in [1.165, 1.54) is 12.0 Å². The normalized spacial score (nSPS) is 11.5. The first-order chi connectivity index (χ1) is 15.4. The maximum Gasteiger partial charge on any atom is 0.257 e. The second kappa shape index (κ2) is 10.7. The Balaban J connectivity index is 1.85. The lowest BCUT2D eigenvalue weighted by molar-refractivity contribution is 0.0822. The van der Waals surface area contributed by atoms with Crippen LogP contribution in [0.3, 0.4) is 0 Å². The van der Waals surface area contributed by atoms with Gasteiger partial charge in [-0.25, -0.2) is 0 Å². The molecule has 6 nitrogen and oxygen atoms in total. The zero-order chi connectivity index (χ0) is 23.1. The van der Waals surface area contributed by atoms with Crippen molar-refractivity contribution in [1.82, 2.24) is 4.90 Å². The van der Waals surface area contributed by atoms with Crippen LogP contribution in [0.25, 0.3) is 0 Å². The van der Waals surface area contributed by atoms with Gasteiger partial charge in [-0.3, -0.25) is 4.79 Å². The summed E-state index contributed by atoms with van der Waals surface area (Å²) in [5.74, 6) is 1.44. The Hall–Kier alpha value is -3.51. The lowest BCUT2D eigenvalue weighted by atomic mass is 9.96. The van der Waals surface area contributed by atoms with Crippen molar-refractivity contribution >= 4 is 5.91 Å². The highest BCUT2D eigenvalue weighted by atomic mass is 16.5. The molecule has 0 aliphatic heterocycles. The van der Waals surface area contributed by atoms with E-state index in [2.05, 4.69) is 0 Å². The highest BCUT2D eigenvalue weighted by Gasteiger charge is 2.22. The first-order valence-corrected chi connectivity index (χ1v) is 10.3. The molecule has 0 unspecified atom stereocenters. The van der Waals surface area contributed by atoms with Gasteiger partial charge in [0.2, 0.25) is 0 Å². The number of benzene rings is 3. The molecule has 0 fully saturated rings. The van der Waals surface area contributed by atoms with E-state index in [9.17, 15) is 9.90 Å². The Labute approximate surface area is 189 Å². The Kier molecular flexibility index (Phi) is 7.73. The van der Waals surface area contributed by atoms with Crippen molar-refractivity contribution in [2.45, 2.75) is 19.1 Å². The first-order valence-electron chi connectivity index (χ1n) is 10.3. The minimum Gasteiger partial charge on any atom is -0.496 e. The summed E-state index contributed by atoms with van der Waals surface area (Å²) in [6.07, 6.45) is -0.600. The van der Waals surface area contributed by atoms with E-state index in [1.807, 2.05) is 42.5 Å². The van der Waals surface area contributed by atoms with Gasteiger partial charge in [-0.05, 0) is 34.9 Å². The minimum absolute atomic E-state index is 0.175. The summed E-state index contributed by atoms with van der Waals surface area (Å²) < 4.78 is 16.8. The highest BCUT2D eigenvalue weighted by molar-refractivity contribution is 5.98. The molecule has 0 spiro atoms. The van der Waals surface area contributed by atoms with E-state index in [0.29, 0.717) is 40.5 Å². The first kappa shape index (κ1) is 23.2. The van der Waals surface area contributed by atoms with Gasteiger partial charge in [0, 0.05) is 20.5 Å². The van der Waals surface area contributed by atoms with Gasteiger partial charge in [-0.1, -0.05) is 48.5 Å². The molecule has 3 rings (SSSR count). The van der Waals surface area contributed by atoms with Crippen LogP contribution in [0.5, 0.6) is 17.2 Å². The molecule has 168 valence electrons. The number of amides is 1. The van der Waals surface area contributed by atoms with E-state index in [4.69, 9.17) is 14.2 Å². The maximum absolute atomic E-state index is 12.7. The van der Waals surface area contributed by atoms with Crippen molar-refractivity contribution in [2.75, 3.05) is 28.3 Å². The third-order valence-electron chi connectivity index (χ3n) is 5.18. The number of hydrogen-bond acceptors (Lipinski definition) is 5. The average molecular weight is 436 g/mol. The van der Waals surface area contributed by atoms with E-state index in [-0.39, 0.29) is 12.3 Å². The second-order valence-electron chi connectivity index (χ2n) is 7.60. The molecule has 0 bridgehead atoms. The number of carbonyl (C=O) groups is 1. The van der Waals surface area contributed by atoms with Crippen LogP contribution in [0.4, 0.5) is 0 Å². The summed E-state index contributed by atoms with van der Waals surface area (Å²) in [6.45, 7) is 0.383. The smallest absolute Gasteiger partial charge is 0.257 e. The molecular weight excluding hydrogens is 406 g/mol. The summed E-state index contributed by atoms with van der Waals surface area (Å²) in [4.78, 5) is 14.2. The van der Waals surface area contributed by atoms with Crippen molar-refractivity contribution in [3.8, 4) is 17.2 Å². The molecule has 0 aliphatic carbocycles. The van der Waals surface area contributed by atoms with Crippen molar-refractivity contribution in [1.29, 1.82) is 0 Å². The standard InChI is InChI=1S/C26H29NO5/c1-27(2)26(29)25-20(11-8-12-23(25)31-4)15-21(28)19-13-14-22(30-3)24(16-19)32-17-18-9-6-5-7-10-18/h5-14,16,21,28H,15,17H2,1-4H3/t21-/m1/s1. The Bertz CT molecular complexity index is 1050. The van der Waals surface area contributed by atoms with E-state index >= 15 is 0 Å². The number of aliphatic hydroxyl groups excluding tert-OH is 1. The molecule has 0 aromatic heterocycles. The molecule has 0 aliphatic rings. The van der Waals surface area contributed by atoms with Gasteiger partial charge in [0.1, 0.15) is 12.4 Å². The molecule has 32 heavy (non-hydrogen) atoms. The van der Waals surface area contributed by atoms with Crippen LogP contribution in [0.1, 0.15) is 33.2 Å². The second-order valence-corrected chi connectivity index (χ2v) is 7.60. The Morgan fingerprint density at radius 3 is 2.28 bits per heavy atom. The largest absolute Gasteiger partial charge is 0.496 e. The number of ether oxygens (including phenoxy) is 3. The molecule has 3 aromatic carbocycles. The summed E-state index contributed by atoms with van der Waals surface area (Å²) in [7, 11) is 6.49. The summed E-state index contributed by atoms with van der Waals surface area (Å²) in [5, 5.41) is 11.0. The summed E-state index contributed by atoms with van der Waals surface area (Å²) in [6, 6.07) is 20.6. The van der Waals surface area contributed by atoms with E-state index in [0.717, 1.165) is 5.56 Å². The monoisotopic (exact) mass is 435 g/mol. The molecule has 0 saturated carbocycles. The third-order valence-corrected chi connectivity index (χ3v) is 5.18. The molecule has 6 heteroatoms. The van der Waals surface area contributed by atoms with Crippen LogP contribution in [-0.2, 0) is 13.0 Å². The fraction of sp³-hybridized carbons (Fsp3) is 0.269. The molecule has 1 atom stereocenters. The topological polar surface area (TPSA) is 68.2 Å². The number of nitrogens with zero attached hydrogens (tertiary/aromatic N) is 1. The van der Waals surface area contributed by atoms with Crippen LogP contribution in [0.2, 0.25) is 0 Å². The van der Waals surface area contributed by atoms with Crippen molar-refractivity contribution in [2.24, 2.45) is 0 Å². The lowest BCUT2D eigenvalue weighted by Gasteiger charge is -2.20. The number of rotatable bonds is 9. The molecule has 0 heterocycles. The molecule has 3 aromatic rings. The van der Waals surface area contributed by atoms with Crippen molar-refractivity contribution in [3.05, 3.63) is 89.0 Å². The van der Waals surface area contributed by atoms with E-state index in [1.54, 1.807) is 45.5 Å². The van der Waals surface area contributed by atoms with Gasteiger partial charge in [0.05, 0.1) is 25.9 Å². The summed E-state index contributed by atoms with van der Waals surface area (Å²) >= 11 is 0. The molecule has 1 N–H and O–H groups in total. The van der Waals surface area contributed by atoms with E-state index < -0.39 is 6.10 Å². The quantitative estimate of drug-likeness (QED) is 0.544. The van der Waals surface area contributed by atoms with Gasteiger partial charge in [-0.2, -0.15) is 0 Å². The van der Waals surface area contributed by atoms with Gasteiger partial charge in [-0.15, -0.1) is 0 Å². The number of methoxy groups -OCH3 is 2. The van der Waals surface area contributed by atoms with Gasteiger partial charge < -0.3 is 24.2 Å². The zero-order valence-electron chi connectivity index (χ0n) is 18.9. The van der Waals surface area contributed by atoms with Crippen LogP contribution in [-0.4, -0.2) is 44.2 Å². The van der Waals surface area contributed by atoms with Crippen LogP contribution < -0.4 is 14.2 Å². The van der Waals surface area contributed by atoms with Crippen molar-refractivity contribution in [3.63, 3.8) is 0 Å². The molecule has 0 saturated heterocycles. The predicted molar refractivity (Wildman–Crippen MR) is 123 cm³/mol. The Morgan fingerprint density at radius 1 is 0.906 bits per heavy atom. The minimum atomic E-state index is -0.846. The number of hydrogen-bond donors (Lipinski definition) is 1. The molecule has 1 amide bonds. The van der Waals surface area contributed by atoms with Crippen molar-refractivity contribution < 1.29 is 24.1 Å². The Morgan fingerprint density at radius 2 is 1.62 bits per heavy atom. The van der Waals surface area contributed by atoms with Gasteiger partial charge in [0.15, 0.2) is 11.5 Å². The predicted octanol–water partition coefficient (Wildman–Crippen LogP) is 4.26. The van der Waals surface area contributed by atoms with Gasteiger partial charge >= 0.3 is 0 Å². The fourth-order valence-electron chi connectivity index (χ4n) is 3.46. The maximum atomic E-state index is 12.7. The van der Waals surface area contributed by atoms with Gasteiger partial charge in [0.25, 0.3) is 5.91 Å². The van der Waals surface area contributed by atoms with Crippen LogP contribution >= 0.6 is 0 Å². The number of aliphatic hydroxyl groups is 1. The van der Waals surface area contributed by atoms with Crippen LogP contribution in [0, 0.1) is 0 Å². The fourth-order valence-corrected chi connectivity index (χ4v) is 3.46. The van der Waals surface area contributed by atoms with Crippen LogP contribution in [0.15, 0.2) is 66.7 Å². The summed E-state index contributed by atoms with van der Waals surface area (Å²) in [5.41, 5.74) is 2.86. The zero-order valence-corrected chi connectivity index (χ0v) is 18.9. The third kappa shape index (κ3) is 5.39. The highest BCUT2D eigenvalue weighted by Crippen LogP contribution is 2.33. The number of carbonyl (C=O) groups excluding carboxylic acids is 1. The molecule has 0 radical (unpaired) electrons.